The van der Waals surface area contributed by atoms with E-state index in [-0.39, 0.29) is 39.7 Å². The van der Waals surface area contributed by atoms with Crippen LogP contribution in [0.15, 0.2) is 53.6 Å². The van der Waals surface area contributed by atoms with Crippen LogP contribution in [0.2, 0.25) is 0 Å². The fourth-order valence-electron chi connectivity index (χ4n) is 2.63. The zero-order chi connectivity index (χ0) is 26.5. The van der Waals surface area contributed by atoms with Crippen molar-refractivity contribution in [1.82, 2.24) is 0 Å². The molecule has 0 N–H and O–H groups in total. The summed E-state index contributed by atoms with van der Waals surface area (Å²) in [6.45, 7) is 41.5. The van der Waals surface area contributed by atoms with E-state index >= 15 is 0 Å². The third kappa shape index (κ3) is 23.0. The van der Waals surface area contributed by atoms with E-state index in [1.807, 2.05) is 18.2 Å². The normalized spacial score (nSPS) is 13.7. The molecule has 0 unspecified atom stereocenters. The van der Waals surface area contributed by atoms with Gasteiger partial charge in [-0.05, 0) is 55.4 Å². The maximum Gasteiger partial charge on any atom is 0.0798 e. The smallest absolute Gasteiger partial charge is 0.0798 e. The summed E-state index contributed by atoms with van der Waals surface area (Å²) in [5.41, 5.74) is 4.68. The molecule has 0 spiro atoms. The van der Waals surface area contributed by atoms with E-state index in [2.05, 4.69) is 78.5 Å². The largest absolute Gasteiger partial charge is 0.369 e. The Morgan fingerprint density at radius 2 is 1.35 bits per heavy atom. The van der Waals surface area contributed by atoms with Gasteiger partial charge >= 0.3 is 67.8 Å². The first-order chi connectivity index (χ1) is 15.6. The minimum atomic E-state index is 0. The zero-order valence-electron chi connectivity index (χ0n) is 18.5. The van der Waals surface area contributed by atoms with Gasteiger partial charge in [0.05, 0.1) is 12.7 Å². The first kappa shape index (κ1) is 49.1. The summed E-state index contributed by atoms with van der Waals surface area (Å²) in [5, 5.41) is 0. The van der Waals surface area contributed by atoms with E-state index in [9.17, 15) is 0 Å². The number of rotatable bonds is 5. The maximum absolute atomic E-state index is 7.50. The second-order valence-electron chi connectivity index (χ2n) is 5.57. The van der Waals surface area contributed by atoms with Crippen molar-refractivity contribution in [2.45, 2.75) is 39.4 Å². The predicted octanol–water partition coefficient (Wildman–Crippen LogP) is 4.44. The Labute approximate surface area is 222 Å². The molecule has 1 aromatic carbocycles. The summed E-state index contributed by atoms with van der Waals surface area (Å²) >= 11 is 0. The van der Waals surface area contributed by atoms with Gasteiger partial charge in [0.25, 0.3) is 0 Å². The monoisotopic (exact) mass is 552 g/mol. The molecule has 1 aromatic rings. The van der Waals surface area contributed by atoms with Gasteiger partial charge < -0.3 is 4.74 Å². The fourth-order valence-corrected chi connectivity index (χ4v) is 2.63. The van der Waals surface area contributed by atoms with Gasteiger partial charge in [-0.3, -0.25) is 0 Å². The third-order valence-corrected chi connectivity index (χ3v) is 4.07. The molecule has 2 rings (SSSR count). The Hall–Kier alpha value is -2.15. The van der Waals surface area contributed by atoms with E-state index in [0.717, 1.165) is 18.4 Å². The molecule has 34 heavy (non-hydrogen) atoms. The molecule has 9 heteroatoms. The summed E-state index contributed by atoms with van der Waals surface area (Å²) < 4.78 is 51.1. The fraction of sp³-hybridized carbons (Fsp3) is 0.280. The van der Waals surface area contributed by atoms with Crippen LogP contribution < -0.4 is 0 Å². The van der Waals surface area contributed by atoms with Crippen LogP contribution in [0, 0.1) is 58.5 Å². The molecule has 0 aromatic heterocycles. The molecule has 182 valence electrons. The van der Waals surface area contributed by atoms with Crippen molar-refractivity contribution in [2.75, 3.05) is 0 Å². The number of allylic oxidation sites excluding steroid dienone is 3. The standard InChI is InChI=1S/C19H22O.6CO.2Co/c1-5-17-11-18(14(2)3)12-19(15(17)4)20-13-16-9-7-6-8-10-16;6*1-2;;/h1,6-10,18-19H,2,11-13H2,3-4H3;;;;;;;;/t18-,19+;;;;;;;;/m0......../s1. The Bertz CT molecular complexity index is 727. The molecule has 0 heterocycles. The Kier molecular flexibility index (Phi) is 59.4. The van der Waals surface area contributed by atoms with Gasteiger partial charge in [-0.25, -0.2) is 0 Å². The average molecular weight is 552 g/mol. The predicted molar refractivity (Wildman–Crippen MR) is 106 cm³/mol. The van der Waals surface area contributed by atoms with Gasteiger partial charge in [-0.1, -0.05) is 49.1 Å². The molecular formula is C25H22Co2O7. The van der Waals surface area contributed by atoms with E-state index in [4.69, 9.17) is 39.2 Å². The zero-order valence-corrected chi connectivity index (χ0v) is 20.6. The molecule has 0 saturated heterocycles. The van der Waals surface area contributed by atoms with Crippen molar-refractivity contribution >= 4 is 0 Å². The van der Waals surface area contributed by atoms with Crippen molar-refractivity contribution < 1.29 is 66.2 Å². The van der Waals surface area contributed by atoms with Crippen LogP contribution in [0.1, 0.15) is 32.3 Å². The van der Waals surface area contributed by atoms with Crippen molar-refractivity contribution in [3.8, 4) is 0 Å². The molecule has 0 aliphatic heterocycles. The SMILES string of the molecule is [C-]#[O+].[C-]#[O+].[C-]#[O+].[C-]#[O+].[C-]#[O+].[C-]#[O+].[CH]=[C]C1=C(C)[C@H](OCc2ccccc2)C[C@@H](C(=C)C)C1.[Co].[Co]. The van der Waals surface area contributed by atoms with Crippen LogP contribution in [0.5, 0.6) is 0 Å². The van der Waals surface area contributed by atoms with E-state index < -0.39 is 0 Å². The number of ether oxygens (including phenoxy) is 1. The Balaban J connectivity index is -0.0000000911. The van der Waals surface area contributed by atoms with Crippen LogP contribution in [0.3, 0.4) is 0 Å². The molecule has 0 amide bonds. The Morgan fingerprint density at radius 1 is 0.941 bits per heavy atom. The minimum Gasteiger partial charge on any atom is -0.369 e. The van der Waals surface area contributed by atoms with Crippen LogP contribution in [0.4, 0.5) is 0 Å². The maximum atomic E-state index is 7.50. The summed E-state index contributed by atoms with van der Waals surface area (Å²) in [4.78, 5) is 0. The van der Waals surface area contributed by atoms with Gasteiger partial charge in [-0.2, -0.15) is 0 Å². The number of hydrogen-bond acceptors (Lipinski definition) is 1. The van der Waals surface area contributed by atoms with Gasteiger partial charge in [0.1, 0.15) is 0 Å². The topological polar surface area (TPSA) is 129 Å². The van der Waals surface area contributed by atoms with Gasteiger partial charge in [0.2, 0.25) is 0 Å². The van der Waals surface area contributed by atoms with E-state index in [1.54, 1.807) is 0 Å². The quantitative estimate of drug-likeness (QED) is 0.299. The average Bonchev–Trinajstić information content (AvgIpc) is 2.91. The van der Waals surface area contributed by atoms with Crippen LogP contribution in [-0.4, -0.2) is 6.10 Å². The van der Waals surface area contributed by atoms with Gasteiger partial charge in [0, 0.05) is 33.6 Å². The molecule has 1 aliphatic rings. The van der Waals surface area contributed by atoms with Crippen LogP contribution >= 0.6 is 0 Å². The second-order valence-corrected chi connectivity index (χ2v) is 5.57. The second kappa shape index (κ2) is 41.1. The summed E-state index contributed by atoms with van der Waals surface area (Å²) in [7, 11) is 0. The van der Waals surface area contributed by atoms with E-state index in [1.165, 1.54) is 16.7 Å². The molecule has 0 saturated carbocycles. The number of benzene rings is 1. The molecule has 0 fully saturated rings. The molecule has 4 radical (unpaired) electrons. The number of hydrogen-bond donors (Lipinski definition) is 0. The third-order valence-electron chi connectivity index (χ3n) is 4.07. The first-order valence-corrected chi connectivity index (χ1v) is 8.31. The molecule has 2 atom stereocenters. The molecular weight excluding hydrogens is 530 g/mol. The van der Waals surface area contributed by atoms with Crippen LogP contribution in [0.25, 0.3) is 0 Å². The molecule has 0 bridgehead atoms. The minimum absolute atomic E-state index is 0. The van der Waals surface area contributed by atoms with Crippen molar-refractivity contribution in [3.05, 3.63) is 112 Å². The van der Waals surface area contributed by atoms with Gasteiger partial charge in [-0.15, -0.1) is 0 Å². The van der Waals surface area contributed by atoms with Crippen molar-refractivity contribution in [1.29, 1.82) is 0 Å². The summed E-state index contributed by atoms with van der Waals surface area (Å²) in [6.07, 6.45) is 4.85. The summed E-state index contributed by atoms with van der Waals surface area (Å²) in [5.74, 6) is 0.436. The van der Waals surface area contributed by atoms with Crippen molar-refractivity contribution in [3.63, 3.8) is 0 Å². The van der Waals surface area contributed by atoms with E-state index in [0.29, 0.717) is 12.5 Å². The summed E-state index contributed by atoms with van der Waals surface area (Å²) in [6, 6.07) is 10.3. The van der Waals surface area contributed by atoms with Crippen LogP contribution in [-0.2, 0) is 72.8 Å². The molecule has 7 nitrogen and oxygen atoms in total. The first-order valence-electron chi connectivity index (χ1n) is 8.31. The Morgan fingerprint density at radius 3 is 1.71 bits per heavy atom. The van der Waals surface area contributed by atoms with Gasteiger partial charge in [0.15, 0.2) is 0 Å². The van der Waals surface area contributed by atoms with Crippen molar-refractivity contribution in [2.24, 2.45) is 5.92 Å². The molecule has 1 aliphatic carbocycles.